The van der Waals surface area contributed by atoms with Crippen LogP contribution < -0.4 is 10.2 Å². The highest BCUT2D eigenvalue weighted by Crippen LogP contribution is 2.32. The van der Waals surface area contributed by atoms with Crippen molar-refractivity contribution in [3.8, 4) is 0 Å². The normalized spacial score (nSPS) is 19.4. The van der Waals surface area contributed by atoms with Crippen molar-refractivity contribution >= 4 is 46.5 Å². The van der Waals surface area contributed by atoms with Crippen molar-refractivity contribution in [3.05, 3.63) is 52.1 Å². The maximum atomic E-state index is 12.8. The number of hydrogen-bond donors (Lipinski definition) is 1. The lowest BCUT2D eigenvalue weighted by molar-refractivity contribution is -0.135. The first-order valence-corrected chi connectivity index (χ1v) is 12.4. The van der Waals surface area contributed by atoms with Gasteiger partial charge in [0.2, 0.25) is 5.91 Å². The Morgan fingerprint density at radius 1 is 1.06 bits per heavy atom. The Balaban J connectivity index is 1.39. The second-order valence-electron chi connectivity index (χ2n) is 9.06. The minimum atomic E-state index is -0.265. The molecule has 4 rings (SSSR count). The van der Waals surface area contributed by atoms with E-state index in [-0.39, 0.29) is 5.91 Å². The molecule has 2 aliphatic rings. The first-order valence-electron chi connectivity index (χ1n) is 11.7. The molecule has 2 amide bonds. The summed E-state index contributed by atoms with van der Waals surface area (Å²) in [5.41, 5.74) is 1.04. The monoisotopic (exact) mass is 488 g/mol. The Hall–Kier alpha value is -2.31. The van der Waals surface area contributed by atoms with Crippen molar-refractivity contribution in [1.29, 1.82) is 0 Å². The lowest BCUT2D eigenvalue weighted by Crippen LogP contribution is -2.43. The minimum Gasteiger partial charge on any atom is -0.355 e. The summed E-state index contributed by atoms with van der Waals surface area (Å²) in [5, 5.41) is 3.89. The van der Waals surface area contributed by atoms with E-state index in [1.54, 1.807) is 36.5 Å². The first kappa shape index (κ1) is 23.8. The van der Waals surface area contributed by atoms with E-state index in [0.29, 0.717) is 51.4 Å². The van der Waals surface area contributed by atoms with Crippen LogP contribution in [0, 0.1) is 5.92 Å². The summed E-state index contributed by atoms with van der Waals surface area (Å²) in [5.74, 6) is 1.10. The fourth-order valence-electron chi connectivity index (χ4n) is 4.78. The van der Waals surface area contributed by atoms with E-state index < -0.39 is 0 Å². The van der Waals surface area contributed by atoms with Gasteiger partial charge in [0.15, 0.2) is 5.82 Å². The molecule has 1 aromatic heterocycles. The number of carbonyl (C=O) groups excluding carboxylic acids is 2. The van der Waals surface area contributed by atoms with Crippen LogP contribution in [0.4, 0.5) is 11.5 Å². The Morgan fingerprint density at radius 2 is 1.85 bits per heavy atom. The van der Waals surface area contributed by atoms with E-state index in [4.69, 9.17) is 23.2 Å². The van der Waals surface area contributed by atoms with Gasteiger partial charge in [-0.3, -0.25) is 9.59 Å². The highest BCUT2D eigenvalue weighted by Gasteiger charge is 2.28. The second kappa shape index (κ2) is 10.7. The number of likely N-dealkylation sites (tertiary alicyclic amines) is 1. The van der Waals surface area contributed by atoms with E-state index in [1.165, 1.54) is 6.42 Å². The molecule has 0 bridgehead atoms. The molecule has 6 nitrogen and oxygen atoms in total. The molecule has 8 heteroatoms. The summed E-state index contributed by atoms with van der Waals surface area (Å²) < 4.78 is 0. The first-order chi connectivity index (χ1) is 15.9. The van der Waals surface area contributed by atoms with Gasteiger partial charge in [0.05, 0.1) is 10.7 Å². The molecule has 176 valence electrons. The van der Waals surface area contributed by atoms with Gasteiger partial charge in [-0.05, 0) is 69.2 Å². The average molecular weight is 489 g/mol. The zero-order valence-corrected chi connectivity index (χ0v) is 20.4. The summed E-state index contributed by atoms with van der Waals surface area (Å²) in [7, 11) is 0. The maximum absolute atomic E-state index is 12.8. The Morgan fingerprint density at radius 3 is 2.58 bits per heavy atom. The lowest BCUT2D eigenvalue weighted by atomic mass is 9.92. The molecule has 0 aliphatic carbocycles. The Bertz CT molecular complexity index is 1010. The highest BCUT2D eigenvalue weighted by molar-refractivity contribution is 6.31. The van der Waals surface area contributed by atoms with E-state index in [2.05, 4.69) is 27.0 Å². The van der Waals surface area contributed by atoms with Crippen LogP contribution in [0.3, 0.4) is 0 Å². The highest BCUT2D eigenvalue weighted by atomic mass is 35.5. The predicted molar refractivity (Wildman–Crippen MR) is 133 cm³/mol. The number of rotatable bonds is 5. The molecule has 3 heterocycles. The van der Waals surface area contributed by atoms with Gasteiger partial charge in [0.25, 0.3) is 5.91 Å². The quantitative estimate of drug-likeness (QED) is 0.590. The standard InChI is InChI=1S/C25H30Cl2N4O2/c1-17-5-2-3-10-31(17)23(32)13-18-8-11-30(12-9-18)24-22(15-21(27)16-28-24)29-25(33)19-6-4-7-20(26)14-19/h4,6-7,14-18H,2-3,5,8-13H2,1H3,(H,29,33). The van der Waals surface area contributed by atoms with Crippen LogP contribution in [-0.4, -0.2) is 47.4 Å². The molecule has 1 atom stereocenters. The topological polar surface area (TPSA) is 65.5 Å². The third-order valence-electron chi connectivity index (χ3n) is 6.67. The van der Waals surface area contributed by atoms with Crippen molar-refractivity contribution in [3.63, 3.8) is 0 Å². The third kappa shape index (κ3) is 5.98. The number of amides is 2. The maximum Gasteiger partial charge on any atom is 0.255 e. The van der Waals surface area contributed by atoms with Crippen molar-refractivity contribution < 1.29 is 9.59 Å². The number of hydrogen-bond acceptors (Lipinski definition) is 4. The number of piperidine rings is 2. The third-order valence-corrected chi connectivity index (χ3v) is 7.11. The van der Waals surface area contributed by atoms with Crippen LogP contribution in [0.25, 0.3) is 0 Å². The number of nitrogens with zero attached hydrogens (tertiary/aromatic N) is 3. The van der Waals surface area contributed by atoms with E-state index >= 15 is 0 Å². The van der Waals surface area contributed by atoms with E-state index in [0.717, 1.165) is 45.3 Å². The van der Waals surface area contributed by atoms with Gasteiger partial charge in [0, 0.05) is 48.9 Å². The molecule has 1 unspecified atom stereocenters. The van der Waals surface area contributed by atoms with Gasteiger partial charge in [-0.2, -0.15) is 0 Å². The van der Waals surface area contributed by atoms with Crippen LogP contribution in [0.1, 0.15) is 55.8 Å². The van der Waals surface area contributed by atoms with Gasteiger partial charge in [0.1, 0.15) is 0 Å². The van der Waals surface area contributed by atoms with Gasteiger partial charge in [-0.1, -0.05) is 29.3 Å². The fraction of sp³-hybridized carbons (Fsp3) is 0.480. The number of carbonyl (C=O) groups is 2. The summed E-state index contributed by atoms with van der Waals surface area (Å²) in [4.78, 5) is 34.3. The van der Waals surface area contributed by atoms with Crippen LogP contribution >= 0.6 is 23.2 Å². The SMILES string of the molecule is CC1CCCCN1C(=O)CC1CCN(c2ncc(Cl)cc2NC(=O)c2cccc(Cl)c2)CC1. The molecule has 2 fully saturated rings. The number of benzene rings is 1. The number of halogens is 2. The van der Waals surface area contributed by atoms with Gasteiger partial charge in [-0.25, -0.2) is 4.98 Å². The molecule has 1 N–H and O–H groups in total. The number of anilines is 2. The minimum absolute atomic E-state index is 0.265. The summed E-state index contributed by atoms with van der Waals surface area (Å²) >= 11 is 12.2. The summed E-state index contributed by atoms with van der Waals surface area (Å²) in [6.45, 7) is 4.61. The lowest BCUT2D eigenvalue weighted by Gasteiger charge is -2.37. The smallest absolute Gasteiger partial charge is 0.255 e. The number of pyridine rings is 1. The molecule has 0 saturated carbocycles. The summed E-state index contributed by atoms with van der Waals surface area (Å²) in [6, 6.07) is 8.89. The Labute approximate surface area is 205 Å². The molecule has 0 spiro atoms. The van der Waals surface area contributed by atoms with E-state index in [1.807, 2.05) is 0 Å². The van der Waals surface area contributed by atoms with E-state index in [9.17, 15) is 9.59 Å². The largest absolute Gasteiger partial charge is 0.355 e. The zero-order valence-electron chi connectivity index (χ0n) is 18.9. The molecule has 2 saturated heterocycles. The molecule has 2 aliphatic heterocycles. The van der Waals surface area contributed by atoms with Crippen molar-refractivity contribution in [1.82, 2.24) is 9.88 Å². The molecule has 1 aromatic carbocycles. The molecule has 33 heavy (non-hydrogen) atoms. The molecular formula is C25H30Cl2N4O2. The molecule has 2 aromatic rings. The molecule has 0 radical (unpaired) electrons. The van der Waals surface area contributed by atoms with Crippen LogP contribution in [0.15, 0.2) is 36.5 Å². The molecular weight excluding hydrogens is 459 g/mol. The van der Waals surface area contributed by atoms with Gasteiger partial charge in [-0.15, -0.1) is 0 Å². The Kier molecular flexibility index (Phi) is 7.76. The predicted octanol–water partition coefficient (Wildman–Crippen LogP) is 5.65. The number of aromatic nitrogens is 1. The number of nitrogens with one attached hydrogen (secondary N) is 1. The average Bonchev–Trinajstić information content (AvgIpc) is 2.80. The van der Waals surface area contributed by atoms with Crippen LogP contribution in [0.2, 0.25) is 10.0 Å². The van der Waals surface area contributed by atoms with Gasteiger partial charge >= 0.3 is 0 Å². The van der Waals surface area contributed by atoms with Crippen LogP contribution in [0.5, 0.6) is 0 Å². The van der Waals surface area contributed by atoms with Gasteiger partial charge < -0.3 is 15.1 Å². The van der Waals surface area contributed by atoms with Crippen molar-refractivity contribution in [2.45, 2.75) is 51.5 Å². The fourth-order valence-corrected chi connectivity index (χ4v) is 5.13. The van der Waals surface area contributed by atoms with Crippen LogP contribution in [-0.2, 0) is 4.79 Å². The van der Waals surface area contributed by atoms with Crippen molar-refractivity contribution in [2.24, 2.45) is 5.92 Å². The second-order valence-corrected chi connectivity index (χ2v) is 9.93. The summed E-state index contributed by atoms with van der Waals surface area (Å²) in [6.07, 6.45) is 7.48. The van der Waals surface area contributed by atoms with Crippen molar-refractivity contribution in [2.75, 3.05) is 29.9 Å². The zero-order chi connectivity index (χ0) is 23.4.